The number of para-hydroxylation sites is 3. The number of halogens is 1. The molecule has 2 amide bonds. The second kappa shape index (κ2) is 6.69. The normalized spacial score (nSPS) is 10.9. The van der Waals surface area contributed by atoms with Crippen LogP contribution in [0.1, 0.15) is 21.0 Å². The third kappa shape index (κ3) is 3.08. The molecule has 0 radical (unpaired) electrons. The Hall–Kier alpha value is -3.46. The van der Waals surface area contributed by atoms with Crippen molar-refractivity contribution >= 4 is 44.5 Å². The maximum Gasteiger partial charge on any atom is 0.275 e. The van der Waals surface area contributed by atoms with Crippen molar-refractivity contribution in [2.75, 3.05) is 5.32 Å². The Morgan fingerprint density at radius 1 is 1.11 bits per heavy atom. The SMILES string of the molecule is NC(=O)c1ncn(-c2nc3ccccc3[nH]2)c1C(=O)Nc1ccccc1Br. The smallest absolute Gasteiger partial charge is 0.275 e. The fraction of sp³-hybridized carbons (Fsp3) is 0. The van der Waals surface area contributed by atoms with E-state index >= 15 is 0 Å². The molecule has 2 aromatic heterocycles. The van der Waals surface area contributed by atoms with Crippen LogP contribution >= 0.6 is 15.9 Å². The Kier molecular flexibility index (Phi) is 4.21. The first kappa shape index (κ1) is 17.0. The molecule has 2 heterocycles. The number of imidazole rings is 2. The van der Waals surface area contributed by atoms with E-state index in [1.807, 2.05) is 30.3 Å². The molecule has 0 atom stereocenters. The van der Waals surface area contributed by atoms with Crippen molar-refractivity contribution in [1.82, 2.24) is 19.5 Å². The van der Waals surface area contributed by atoms with Gasteiger partial charge in [0.25, 0.3) is 11.8 Å². The molecule has 0 saturated carbocycles. The fourth-order valence-electron chi connectivity index (χ4n) is 2.70. The van der Waals surface area contributed by atoms with E-state index in [2.05, 4.69) is 36.2 Å². The minimum Gasteiger partial charge on any atom is -0.364 e. The van der Waals surface area contributed by atoms with Crippen LogP contribution in [0.5, 0.6) is 0 Å². The van der Waals surface area contributed by atoms with Crippen LogP contribution in [0.25, 0.3) is 17.0 Å². The van der Waals surface area contributed by atoms with E-state index in [1.54, 1.807) is 18.2 Å². The average molecular weight is 425 g/mol. The van der Waals surface area contributed by atoms with Crippen LogP contribution in [-0.2, 0) is 0 Å². The van der Waals surface area contributed by atoms with Crippen molar-refractivity contribution in [3.05, 3.63) is 70.7 Å². The molecule has 0 bridgehead atoms. The number of carbonyl (C=O) groups is 2. The largest absolute Gasteiger partial charge is 0.364 e. The van der Waals surface area contributed by atoms with Crippen molar-refractivity contribution in [1.29, 1.82) is 0 Å². The zero-order chi connectivity index (χ0) is 19.0. The van der Waals surface area contributed by atoms with Gasteiger partial charge in [-0.2, -0.15) is 0 Å². The number of primary amides is 1. The van der Waals surface area contributed by atoms with E-state index in [9.17, 15) is 9.59 Å². The summed E-state index contributed by atoms with van der Waals surface area (Å²) < 4.78 is 2.11. The summed E-state index contributed by atoms with van der Waals surface area (Å²) in [7, 11) is 0. The third-order valence-electron chi connectivity index (χ3n) is 3.94. The van der Waals surface area contributed by atoms with Crippen LogP contribution in [0.4, 0.5) is 5.69 Å². The molecule has 9 heteroatoms. The van der Waals surface area contributed by atoms with Gasteiger partial charge in [0.2, 0.25) is 5.95 Å². The van der Waals surface area contributed by atoms with Gasteiger partial charge in [0, 0.05) is 4.47 Å². The number of aromatic nitrogens is 4. The molecule has 0 aliphatic heterocycles. The number of fused-ring (bicyclic) bond motifs is 1. The van der Waals surface area contributed by atoms with Crippen LogP contribution in [-0.4, -0.2) is 31.3 Å². The third-order valence-corrected chi connectivity index (χ3v) is 4.63. The molecule has 0 spiro atoms. The van der Waals surface area contributed by atoms with E-state index in [-0.39, 0.29) is 11.4 Å². The molecular weight excluding hydrogens is 412 g/mol. The van der Waals surface area contributed by atoms with Crippen molar-refractivity contribution < 1.29 is 9.59 Å². The number of aromatic amines is 1. The lowest BCUT2D eigenvalue weighted by atomic mass is 10.2. The summed E-state index contributed by atoms with van der Waals surface area (Å²) in [4.78, 5) is 36.3. The Balaban J connectivity index is 1.81. The van der Waals surface area contributed by atoms with Crippen molar-refractivity contribution in [3.8, 4) is 5.95 Å². The van der Waals surface area contributed by atoms with Crippen molar-refractivity contribution in [3.63, 3.8) is 0 Å². The van der Waals surface area contributed by atoms with Gasteiger partial charge in [-0.05, 0) is 40.2 Å². The summed E-state index contributed by atoms with van der Waals surface area (Å²) in [5, 5.41) is 2.76. The van der Waals surface area contributed by atoms with Gasteiger partial charge >= 0.3 is 0 Å². The van der Waals surface area contributed by atoms with Gasteiger partial charge in [-0.1, -0.05) is 24.3 Å². The van der Waals surface area contributed by atoms with E-state index in [1.165, 1.54) is 10.9 Å². The molecule has 0 saturated heterocycles. The predicted molar refractivity (Wildman–Crippen MR) is 104 cm³/mol. The monoisotopic (exact) mass is 424 g/mol. The van der Waals surface area contributed by atoms with Crippen LogP contribution in [0, 0.1) is 0 Å². The lowest BCUT2D eigenvalue weighted by Gasteiger charge is -2.09. The van der Waals surface area contributed by atoms with Gasteiger partial charge in [0.15, 0.2) is 5.69 Å². The van der Waals surface area contributed by atoms with E-state index in [0.717, 1.165) is 11.0 Å². The number of H-pyrrole nitrogens is 1. The Morgan fingerprint density at radius 3 is 2.59 bits per heavy atom. The fourth-order valence-corrected chi connectivity index (χ4v) is 3.09. The molecular formula is C18H13BrN6O2. The molecule has 27 heavy (non-hydrogen) atoms. The minimum absolute atomic E-state index is 0.00249. The second-order valence-corrected chi connectivity index (χ2v) is 6.54. The highest BCUT2D eigenvalue weighted by molar-refractivity contribution is 9.10. The lowest BCUT2D eigenvalue weighted by Crippen LogP contribution is -2.23. The summed E-state index contributed by atoms with van der Waals surface area (Å²) in [6.07, 6.45) is 1.34. The zero-order valence-corrected chi connectivity index (χ0v) is 15.4. The van der Waals surface area contributed by atoms with Gasteiger partial charge in [-0.15, -0.1) is 0 Å². The van der Waals surface area contributed by atoms with Crippen molar-refractivity contribution in [2.24, 2.45) is 5.73 Å². The number of anilines is 1. The molecule has 2 aromatic carbocycles. The van der Waals surface area contributed by atoms with Crippen molar-refractivity contribution in [2.45, 2.75) is 0 Å². The number of amides is 2. The highest BCUT2D eigenvalue weighted by Crippen LogP contribution is 2.23. The Morgan fingerprint density at radius 2 is 1.85 bits per heavy atom. The first-order valence-corrected chi connectivity index (χ1v) is 8.72. The predicted octanol–water partition coefficient (Wildman–Crippen LogP) is 2.86. The molecule has 0 fully saturated rings. The number of benzene rings is 2. The topological polar surface area (TPSA) is 119 Å². The molecule has 0 aliphatic rings. The van der Waals surface area contributed by atoms with Gasteiger partial charge in [0.1, 0.15) is 12.0 Å². The van der Waals surface area contributed by atoms with Gasteiger partial charge in [-0.25, -0.2) is 9.97 Å². The molecule has 134 valence electrons. The second-order valence-electron chi connectivity index (χ2n) is 5.69. The van der Waals surface area contributed by atoms with Crippen LogP contribution in [0.3, 0.4) is 0 Å². The summed E-state index contributed by atoms with van der Waals surface area (Å²) in [5.41, 5.74) is 7.33. The number of carbonyl (C=O) groups excluding carboxylic acids is 2. The Labute approximate surface area is 161 Å². The average Bonchev–Trinajstić information content (AvgIpc) is 3.27. The standard InChI is InChI=1S/C18H13BrN6O2/c19-10-5-1-2-6-11(10)22-17(27)15-14(16(20)26)21-9-25(15)18-23-12-7-3-4-8-13(12)24-18/h1-9H,(H2,20,26)(H,22,27)(H,23,24). The number of hydrogen-bond donors (Lipinski definition) is 3. The molecule has 0 unspecified atom stereocenters. The number of nitrogens with two attached hydrogens (primary N) is 1. The first-order valence-electron chi connectivity index (χ1n) is 7.93. The number of hydrogen-bond acceptors (Lipinski definition) is 4. The summed E-state index contributed by atoms with van der Waals surface area (Å²) >= 11 is 3.37. The van der Waals surface area contributed by atoms with Gasteiger partial charge in [-0.3, -0.25) is 14.2 Å². The summed E-state index contributed by atoms with van der Waals surface area (Å²) in [6, 6.07) is 14.6. The molecule has 4 aromatic rings. The van der Waals surface area contributed by atoms with E-state index in [4.69, 9.17) is 5.73 Å². The first-order chi connectivity index (χ1) is 13.0. The molecule has 4 rings (SSSR count). The van der Waals surface area contributed by atoms with E-state index in [0.29, 0.717) is 16.1 Å². The van der Waals surface area contributed by atoms with Crippen LogP contribution in [0.2, 0.25) is 0 Å². The molecule has 0 aliphatic carbocycles. The Bertz CT molecular complexity index is 1150. The highest BCUT2D eigenvalue weighted by Gasteiger charge is 2.25. The van der Waals surface area contributed by atoms with E-state index < -0.39 is 11.8 Å². The summed E-state index contributed by atoms with van der Waals surface area (Å²) in [6.45, 7) is 0. The molecule has 4 N–H and O–H groups in total. The summed E-state index contributed by atoms with van der Waals surface area (Å²) in [5.74, 6) is -0.982. The number of nitrogens with zero attached hydrogens (tertiary/aromatic N) is 3. The molecule has 8 nitrogen and oxygen atoms in total. The zero-order valence-electron chi connectivity index (χ0n) is 13.8. The van der Waals surface area contributed by atoms with Crippen LogP contribution < -0.4 is 11.1 Å². The maximum absolute atomic E-state index is 12.9. The van der Waals surface area contributed by atoms with Crippen LogP contribution in [0.15, 0.2) is 59.3 Å². The lowest BCUT2D eigenvalue weighted by molar-refractivity contribution is 0.0971. The van der Waals surface area contributed by atoms with Gasteiger partial charge in [0.05, 0.1) is 16.7 Å². The minimum atomic E-state index is -0.804. The quantitative estimate of drug-likeness (QED) is 0.466. The highest BCUT2D eigenvalue weighted by atomic mass is 79.9. The number of rotatable bonds is 4. The number of nitrogens with one attached hydrogen (secondary N) is 2. The van der Waals surface area contributed by atoms with Gasteiger partial charge < -0.3 is 16.0 Å². The maximum atomic E-state index is 12.9.